The molecule has 0 aromatic heterocycles. The highest BCUT2D eigenvalue weighted by molar-refractivity contribution is 6.30. The normalized spacial score (nSPS) is 12.0. The third-order valence-corrected chi connectivity index (χ3v) is 3.61. The Bertz CT molecular complexity index is 625. The molecule has 110 valence electrons. The molecule has 0 fully saturated rings. The number of methoxy groups -OCH3 is 1. The number of rotatable bonds is 5. The van der Waals surface area contributed by atoms with Gasteiger partial charge in [0.15, 0.2) is 6.23 Å². The number of nitrogens with zero attached hydrogens (tertiary/aromatic N) is 1. The first-order valence-corrected chi connectivity index (χ1v) is 6.96. The highest BCUT2D eigenvalue weighted by Gasteiger charge is 2.18. The molecule has 0 radical (unpaired) electrons. The number of ether oxygens (including phenoxy) is 1. The lowest BCUT2D eigenvalue weighted by molar-refractivity contribution is 0.0127. The summed E-state index contributed by atoms with van der Waals surface area (Å²) in [5.41, 5.74) is 9.26. The molecule has 4 heteroatoms. The Labute approximate surface area is 130 Å². The standard InChI is InChI=1S/C17H19ClN2O/c1-12(13-7-9-16(19)10-8-13)20(2)17(21-3)14-5-4-6-15(18)11-14/h4-11,17H,1,19H2,2-3H3. The molecular weight excluding hydrogens is 284 g/mol. The highest BCUT2D eigenvalue weighted by atomic mass is 35.5. The molecule has 21 heavy (non-hydrogen) atoms. The van der Waals surface area contributed by atoms with Crippen LogP contribution in [0.1, 0.15) is 17.4 Å². The van der Waals surface area contributed by atoms with E-state index < -0.39 is 0 Å². The number of halogens is 1. The van der Waals surface area contributed by atoms with Crippen LogP contribution in [-0.2, 0) is 4.74 Å². The Balaban J connectivity index is 2.25. The lowest BCUT2D eigenvalue weighted by atomic mass is 10.1. The van der Waals surface area contributed by atoms with Gasteiger partial charge in [0, 0.05) is 36.1 Å². The average Bonchev–Trinajstić information content (AvgIpc) is 2.48. The molecule has 2 aromatic carbocycles. The minimum atomic E-state index is -0.256. The van der Waals surface area contributed by atoms with Crippen LogP contribution in [0.15, 0.2) is 55.1 Å². The maximum Gasteiger partial charge on any atom is 0.155 e. The van der Waals surface area contributed by atoms with E-state index in [1.165, 1.54) is 0 Å². The van der Waals surface area contributed by atoms with Gasteiger partial charge in [0.1, 0.15) is 0 Å². The largest absolute Gasteiger partial charge is 0.399 e. The van der Waals surface area contributed by atoms with Gasteiger partial charge >= 0.3 is 0 Å². The number of nitrogen functional groups attached to an aromatic ring is 1. The van der Waals surface area contributed by atoms with Crippen LogP contribution < -0.4 is 5.73 Å². The van der Waals surface area contributed by atoms with Crippen LogP contribution in [0, 0.1) is 0 Å². The van der Waals surface area contributed by atoms with Crippen LogP contribution in [0.5, 0.6) is 0 Å². The minimum absolute atomic E-state index is 0.256. The quantitative estimate of drug-likeness (QED) is 0.665. The van der Waals surface area contributed by atoms with Crippen LogP contribution in [0.4, 0.5) is 5.69 Å². The molecule has 2 rings (SSSR count). The Morgan fingerprint density at radius 1 is 1.24 bits per heavy atom. The topological polar surface area (TPSA) is 38.5 Å². The van der Waals surface area contributed by atoms with Gasteiger partial charge in [-0.1, -0.05) is 42.4 Å². The predicted molar refractivity (Wildman–Crippen MR) is 88.9 cm³/mol. The molecule has 2 N–H and O–H groups in total. The number of anilines is 1. The van der Waals surface area contributed by atoms with Crippen molar-refractivity contribution in [3.63, 3.8) is 0 Å². The van der Waals surface area contributed by atoms with Gasteiger partial charge in [-0.2, -0.15) is 0 Å². The van der Waals surface area contributed by atoms with Crippen molar-refractivity contribution < 1.29 is 4.74 Å². The summed E-state index contributed by atoms with van der Waals surface area (Å²) in [6, 6.07) is 15.2. The summed E-state index contributed by atoms with van der Waals surface area (Å²) in [5.74, 6) is 0. The second-order valence-electron chi connectivity index (χ2n) is 4.82. The van der Waals surface area contributed by atoms with Gasteiger partial charge in [-0.25, -0.2) is 0 Å². The van der Waals surface area contributed by atoms with E-state index in [0.717, 1.165) is 22.5 Å². The van der Waals surface area contributed by atoms with Crippen LogP contribution in [0.25, 0.3) is 5.70 Å². The van der Waals surface area contributed by atoms with E-state index in [9.17, 15) is 0 Å². The molecular formula is C17H19ClN2O. The van der Waals surface area contributed by atoms with E-state index in [4.69, 9.17) is 22.1 Å². The second-order valence-corrected chi connectivity index (χ2v) is 5.26. The fourth-order valence-electron chi connectivity index (χ4n) is 2.20. The van der Waals surface area contributed by atoms with E-state index in [1.54, 1.807) is 7.11 Å². The van der Waals surface area contributed by atoms with Gasteiger partial charge in [-0.15, -0.1) is 0 Å². The molecule has 0 aliphatic rings. The summed E-state index contributed by atoms with van der Waals surface area (Å²) < 4.78 is 5.60. The Hall–Kier alpha value is -1.97. The molecule has 0 heterocycles. The summed E-state index contributed by atoms with van der Waals surface area (Å²) in [5, 5.41) is 0.682. The van der Waals surface area contributed by atoms with Crippen molar-refractivity contribution in [3.05, 3.63) is 71.3 Å². The van der Waals surface area contributed by atoms with Crippen LogP contribution in [0.2, 0.25) is 5.02 Å². The number of hydrogen-bond donors (Lipinski definition) is 1. The smallest absolute Gasteiger partial charge is 0.155 e. The highest BCUT2D eigenvalue weighted by Crippen LogP contribution is 2.29. The minimum Gasteiger partial charge on any atom is -0.399 e. The molecule has 0 saturated heterocycles. The fourth-order valence-corrected chi connectivity index (χ4v) is 2.40. The van der Waals surface area contributed by atoms with E-state index in [2.05, 4.69) is 6.58 Å². The first-order chi connectivity index (χ1) is 10.0. The third-order valence-electron chi connectivity index (χ3n) is 3.38. The van der Waals surface area contributed by atoms with Gasteiger partial charge in [-0.3, -0.25) is 0 Å². The maximum atomic E-state index is 6.05. The first-order valence-electron chi connectivity index (χ1n) is 6.59. The van der Waals surface area contributed by atoms with Crippen LogP contribution in [-0.4, -0.2) is 19.1 Å². The summed E-state index contributed by atoms with van der Waals surface area (Å²) in [7, 11) is 3.60. The van der Waals surface area contributed by atoms with Crippen molar-refractivity contribution in [1.29, 1.82) is 0 Å². The molecule has 2 aromatic rings. The fraction of sp³-hybridized carbons (Fsp3) is 0.176. The molecule has 1 atom stereocenters. The molecule has 1 unspecified atom stereocenters. The van der Waals surface area contributed by atoms with Gasteiger partial charge in [0.05, 0.1) is 0 Å². The average molecular weight is 303 g/mol. The van der Waals surface area contributed by atoms with Crippen molar-refractivity contribution in [2.45, 2.75) is 6.23 Å². The molecule has 0 amide bonds. The SMILES string of the molecule is C=C(c1ccc(N)cc1)N(C)C(OC)c1cccc(Cl)c1. The summed E-state index contributed by atoms with van der Waals surface area (Å²) in [4.78, 5) is 1.97. The molecule has 0 bridgehead atoms. The van der Waals surface area contributed by atoms with Gasteiger partial charge in [0.25, 0.3) is 0 Å². The zero-order valence-electron chi connectivity index (χ0n) is 12.2. The van der Waals surface area contributed by atoms with Crippen molar-refractivity contribution in [2.24, 2.45) is 0 Å². The van der Waals surface area contributed by atoms with Crippen molar-refractivity contribution in [3.8, 4) is 0 Å². The van der Waals surface area contributed by atoms with Gasteiger partial charge in [-0.05, 0) is 29.8 Å². The summed E-state index contributed by atoms with van der Waals surface area (Å²) >= 11 is 6.05. The maximum absolute atomic E-state index is 6.05. The summed E-state index contributed by atoms with van der Waals surface area (Å²) in [6.07, 6.45) is -0.256. The molecule has 0 saturated carbocycles. The van der Waals surface area contributed by atoms with Crippen molar-refractivity contribution >= 4 is 23.0 Å². The lowest BCUT2D eigenvalue weighted by Crippen LogP contribution is -2.24. The van der Waals surface area contributed by atoms with Crippen LogP contribution >= 0.6 is 11.6 Å². The van der Waals surface area contributed by atoms with Gasteiger partial charge in [0.2, 0.25) is 0 Å². The van der Waals surface area contributed by atoms with Crippen LogP contribution in [0.3, 0.4) is 0 Å². The molecule has 0 aliphatic carbocycles. The Morgan fingerprint density at radius 3 is 2.48 bits per heavy atom. The van der Waals surface area contributed by atoms with E-state index in [0.29, 0.717) is 5.02 Å². The van der Waals surface area contributed by atoms with E-state index >= 15 is 0 Å². The zero-order valence-corrected chi connectivity index (χ0v) is 13.0. The Morgan fingerprint density at radius 2 is 1.90 bits per heavy atom. The van der Waals surface area contributed by atoms with E-state index in [1.807, 2.05) is 60.5 Å². The molecule has 0 aliphatic heterocycles. The lowest BCUT2D eigenvalue weighted by Gasteiger charge is -2.31. The number of hydrogen-bond acceptors (Lipinski definition) is 3. The number of benzene rings is 2. The Kier molecular flexibility index (Phi) is 4.89. The molecule has 3 nitrogen and oxygen atoms in total. The summed E-state index contributed by atoms with van der Waals surface area (Å²) in [6.45, 7) is 4.14. The van der Waals surface area contributed by atoms with E-state index in [-0.39, 0.29) is 6.23 Å². The second kappa shape index (κ2) is 6.66. The van der Waals surface area contributed by atoms with Crippen molar-refractivity contribution in [1.82, 2.24) is 4.90 Å². The molecule has 0 spiro atoms. The van der Waals surface area contributed by atoms with Gasteiger partial charge < -0.3 is 15.4 Å². The zero-order chi connectivity index (χ0) is 15.4. The van der Waals surface area contributed by atoms with Crippen molar-refractivity contribution in [2.75, 3.05) is 19.9 Å². The number of nitrogens with two attached hydrogens (primary N) is 1. The first kappa shape index (κ1) is 15.4. The predicted octanol–water partition coefficient (Wildman–Crippen LogP) is 4.17. The monoisotopic (exact) mass is 302 g/mol. The third kappa shape index (κ3) is 3.57.